The molecule has 0 aromatic heterocycles. The van der Waals surface area contributed by atoms with Gasteiger partial charge in [0.15, 0.2) is 12.1 Å². The van der Waals surface area contributed by atoms with Crippen LogP contribution in [-0.2, 0) is 28.6 Å². The quantitative estimate of drug-likeness (QED) is 0.0216. The van der Waals surface area contributed by atoms with Gasteiger partial charge in [0, 0.05) is 19.3 Å². The lowest BCUT2D eigenvalue weighted by atomic mass is 10.1. The van der Waals surface area contributed by atoms with Crippen molar-refractivity contribution in [1.29, 1.82) is 0 Å². The number of rotatable bonds is 41. The van der Waals surface area contributed by atoms with Crippen LogP contribution in [0.4, 0.5) is 0 Å². The number of aliphatic carboxylic acids is 1. The molecular weight excluding hydrogens is 715 g/mol. The van der Waals surface area contributed by atoms with Crippen LogP contribution in [0, 0.1) is 0 Å². The van der Waals surface area contributed by atoms with Crippen molar-refractivity contribution in [2.24, 2.45) is 0 Å². The standard InChI is InChI=1S/C49H87NO7/c1-6-8-10-12-14-16-18-20-21-22-23-24-25-26-28-29-31-33-35-37-39-47(51)56-44-45(43-55-42-41-46(49(53)54)50(3,4)5)57-48(52)40-38-36-34-32-30-27-19-17-15-13-11-9-7-2/h16,18,20-21,27,30,34,36,45-46H,6-15,17,19,22-26,28-29,31-33,35,37-44H2,1-5H3/p+1/b18-16+,21-20+,30-27+,36-34+. The van der Waals surface area contributed by atoms with Crippen LogP contribution in [0.3, 0.4) is 0 Å². The summed E-state index contributed by atoms with van der Waals surface area (Å²) in [5.74, 6) is -1.56. The minimum Gasteiger partial charge on any atom is -0.477 e. The Hall–Kier alpha value is -2.71. The van der Waals surface area contributed by atoms with Gasteiger partial charge in [-0.25, -0.2) is 4.79 Å². The van der Waals surface area contributed by atoms with Gasteiger partial charge in [0.2, 0.25) is 0 Å². The summed E-state index contributed by atoms with van der Waals surface area (Å²) in [5, 5.41) is 9.62. The van der Waals surface area contributed by atoms with E-state index in [2.05, 4.69) is 56.4 Å². The van der Waals surface area contributed by atoms with Gasteiger partial charge in [-0.3, -0.25) is 9.59 Å². The highest BCUT2D eigenvalue weighted by molar-refractivity contribution is 5.72. The Bertz CT molecular complexity index is 1070. The fourth-order valence-corrected chi connectivity index (χ4v) is 6.61. The first-order chi connectivity index (χ1) is 27.6. The molecule has 0 spiro atoms. The Kier molecular flexibility index (Phi) is 38.2. The van der Waals surface area contributed by atoms with Gasteiger partial charge in [-0.1, -0.05) is 165 Å². The summed E-state index contributed by atoms with van der Waals surface area (Å²) in [5.41, 5.74) is 0. The van der Waals surface area contributed by atoms with Crippen molar-refractivity contribution in [3.63, 3.8) is 0 Å². The van der Waals surface area contributed by atoms with Gasteiger partial charge in [-0.15, -0.1) is 0 Å². The summed E-state index contributed by atoms with van der Waals surface area (Å²) >= 11 is 0. The summed E-state index contributed by atoms with van der Waals surface area (Å²) in [6.45, 7) is 4.65. The molecule has 8 nitrogen and oxygen atoms in total. The molecule has 2 unspecified atom stereocenters. The smallest absolute Gasteiger partial charge is 0.362 e. The lowest BCUT2D eigenvalue weighted by Crippen LogP contribution is -2.50. The third kappa shape index (κ3) is 38.6. The Morgan fingerprint density at radius 1 is 0.544 bits per heavy atom. The minimum atomic E-state index is -0.884. The van der Waals surface area contributed by atoms with E-state index in [0.717, 1.165) is 32.1 Å². The summed E-state index contributed by atoms with van der Waals surface area (Å²) in [7, 11) is 5.51. The Labute approximate surface area is 350 Å². The number of allylic oxidation sites excluding steroid dienone is 8. The third-order valence-corrected chi connectivity index (χ3v) is 10.2. The Morgan fingerprint density at radius 2 is 1.02 bits per heavy atom. The van der Waals surface area contributed by atoms with E-state index in [1.54, 1.807) is 0 Å². The molecule has 0 saturated carbocycles. The molecule has 0 amide bonds. The van der Waals surface area contributed by atoms with E-state index in [9.17, 15) is 19.5 Å². The number of hydrogen-bond acceptors (Lipinski definition) is 6. The average Bonchev–Trinajstić information content (AvgIpc) is 3.17. The number of esters is 2. The van der Waals surface area contributed by atoms with Crippen LogP contribution in [-0.4, -0.2) is 80.6 Å². The number of carbonyl (C=O) groups excluding carboxylic acids is 2. The summed E-state index contributed by atoms with van der Waals surface area (Å²) in [6, 6.07) is -0.624. The Morgan fingerprint density at radius 3 is 1.54 bits per heavy atom. The first-order valence-corrected chi connectivity index (χ1v) is 23.2. The Balaban J connectivity index is 4.33. The lowest BCUT2D eigenvalue weighted by Gasteiger charge is -2.31. The molecule has 330 valence electrons. The zero-order chi connectivity index (χ0) is 42.1. The predicted octanol–water partition coefficient (Wildman–Crippen LogP) is 12.8. The summed E-state index contributed by atoms with van der Waals surface area (Å²) in [4.78, 5) is 37.0. The van der Waals surface area contributed by atoms with Crippen LogP contribution in [0.1, 0.15) is 194 Å². The SMILES string of the molecule is CCCCCC/C=C/C=C/CCCCCCCCCCCCC(=O)OCC(COCCC(C(=O)O)[N+](C)(C)C)OC(=O)CC/C=C/C/C=C/CCCCCCCC. The van der Waals surface area contributed by atoms with Crippen molar-refractivity contribution < 1.29 is 38.2 Å². The molecule has 0 aliphatic rings. The van der Waals surface area contributed by atoms with Gasteiger partial charge < -0.3 is 23.8 Å². The summed E-state index contributed by atoms with van der Waals surface area (Å²) < 4.78 is 17.2. The van der Waals surface area contributed by atoms with E-state index in [0.29, 0.717) is 19.3 Å². The average molecular weight is 803 g/mol. The number of carboxylic acids is 1. The van der Waals surface area contributed by atoms with Crippen molar-refractivity contribution in [3.8, 4) is 0 Å². The number of unbranched alkanes of at least 4 members (excludes halogenated alkanes) is 20. The molecular formula is C49H88NO7+. The van der Waals surface area contributed by atoms with E-state index >= 15 is 0 Å². The molecule has 0 aliphatic heterocycles. The maximum atomic E-state index is 12.7. The van der Waals surface area contributed by atoms with Crippen molar-refractivity contribution >= 4 is 17.9 Å². The largest absolute Gasteiger partial charge is 0.477 e. The molecule has 0 aromatic carbocycles. The minimum absolute atomic E-state index is 0.0374. The second-order valence-electron chi connectivity index (χ2n) is 16.7. The van der Waals surface area contributed by atoms with Crippen LogP contribution >= 0.6 is 0 Å². The molecule has 2 atom stereocenters. The zero-order valence-electron chi connectivity index (χ0n) is 37.5. The van der Waals surface area contributed by atoms with Gasteiger partial charge in [0.25, 0.3) is 0 Å². The van der Waals surface area contributed by atoms with E-state index in [1.165, 1.54) is 122 Å². The lowest BCUT2D eigenvalue weighted by molar-refractivity contribution is -0.887. The molecule has 0 aliphatic carbocycles. The molecule has 57 heavy (non-hydrogen) atoms. The molecule has 8 heteroatoms. The fraction of sp³-hybridized carbons (Fsp3) is 0.776. The maximum Gasteiger partial charge on any atom is 0.362 e. The van der Waals surface area contributed by atoms with Crippen molar-refractivity contribution in [1.82, 2.24) is 0 Å². The van der Waals surface area contributed by atoms with Crippen LogP contribution in [0.2, 0.25) is 0 Å². The summed E-state index contributed by atoms with van der Waals surface area (Å²) in [6.07, 6.45) is 47.4. The van der Waals surface area contributed by atoms with Gasteiger partial charge in [0.05, 0.1) is 34.4 Å². The van der Waals surface area contributed by atoms with Crippen molar-refractivity contribution in [2.45, 2.75) is 206 Å². The number of hydrogen-bond donors (Lipinski definition) is 1. The van der Waals surface area contributed by atoms with E-state index in [1.807, 2.05) is 27.2 Å². The number of quaternary nitrogens is 1. The molecule has 0 saturated heterocycles. The first-order valence-electron chi connectivity index (χ1n) is 23.2. The molecule has 0 bridgehead atoms. The third-order valence-electron chi connectivity index (χ3n) is 10.2. The van der Waals surface area contributed by atoms with Gasteiger partial charge in [-0.05, 0) is 57.8 Å². The number of carbonyl (C=O) groups is 3. The van der Waals surface area contributed by atoms with Crippen LogP contribution < -0.4 is 0 Å². The van der Waals surface area contributed by atoms with E-state index in [-0.39, 0.29) is 42.7 Å². The van der Waals surface area contributed by atoms with Gasteiger partial charge in [-0.2, -0.15) is 0 Å². The van der Waals surface area contributed by atoms with Crippen molar-refractivity contribution in [2.75, 3.05) is 41.0 Å². The van der Waals surface area contributed by atoms with Crippen LogP contribution in [0.5, 0.6) is 0 Å². The highest BCUT2D eigenvalue weighted by atomic mass is 16.6. The number of carboxylic acid groups (broad SMARTS) is 1. The van der Waals surface area contributed by atoms with Crippen molar-refractivity contribution in [3.05, 3.63) is 48.6 Å². The molecule has 0 fully saturated rings. The number of likely N-dealkylation sites (N-methyl/N-ethyl adjacent to an activating group) is 1. The van der Waals surface area contributed by atoms with E-state index < -0.39 is 18.1 Å². The normalized spacial score (nSPS) is 13.4. The highest BCUT2D eigenvalue weighted by Gasteiger charge is 2.31. The molecule has 0 rings (SSSR count). The van der Waals surface area contributed by atoms with Gasteiger partial charge in [0.1, 0.15) is 6.61 Å². The second-order valence-corrected chi connectivity index (χ2v) is 16.7. The molecule has 1 N–H and O–H groups in total. The fourth-order valence-electron chi connectivity index (χ4n) is 6.61. The highest BCUT2D eigenvalue weighted by Crippen LogP contribution is 2.14. The van der Waals surface area contributed by atoms with Gasteiger partial charge >= 0.3 is 17.9 Å². The topological polar surface area (TPSA) is 99.1 Å². The molecule has 0 heterocycles. The van der Waals surface area contributed by atoms with Crippen LogP contribution in [0.25, 0.3) is 0 Å². The number of nitrogens with zero attached hydrogens (tertiary/aromatic N) is 1. The monoisotopic (exact) mass is 803 g/mol. The second kappa shape index (κ2) is 40.1. The molecule has 0 radical (unpaired) electrons. The zero-order valence-corrected chi connectivity index (χ0v) is 37.5. The maximum absolute atomic E-state index is 12.7. The first kappa shape index (κ1) is 54.3. The van der Waals surface area contributed by atoms with Crippen LogP contribution in [0.15, 0.2) is 48.6 Å². The molecule has 0 aromatic rings. The number of ether oxygens (including phenoxy) is 3. The van der Waals surface area contributed by atoms with E-state index in [4.69, 9.17) is 14.2 Å². The predicted molar refractivity (Wildman–Crippen MR) is 238 cm³/mol.